The molecule has 5 nitrogen and oxygen atoms in total. The molecule has 5 heteroatoms. The quantitative estimate of drug-likeness (QED) is 0.627. The largest absolute Gasteiger partial charge is 0.399 e. The normalized spacial score (nSPS) is 12.5. The van der Waals surface area contributed by atoms with Gasteiger partial charge in [-0.15, -0.1) is 0 Å². The summed E-state index contributed by atoms with van der Waals surface area (Å²) in [6, 6.07) is 9.75. The highest BCUT2D eigenvalue weighted by Crippen LogP contribution is 2.20. The number of hydrogen-bond donors (Lipinski definition) is 3. The van der Waals surface area contributed by atoms with Gasteiger partial charge in [-0.05, 0) is 42.8 Å². The maximum atomic E-state index is 5.75. The van der Waals surface area contributed by atoms with E-state index in [1.807, 2.05) is 30.3 Å². The van der Waals surface area contributed by atoms with Crippen molar-refractivity contribution in [2.75, 3.05) is 11.1 Å². The summed E-state index contributed by atoms with van der Waals surface area (Å²) in [5, 5.41) is 3.33. The number of fused-ring (bicyclic) bond motifs is 1. The molecule has 1 unspecified atom stereocenters. The highest BCUT2D eigenvalue weighted by Gasteiger charge is 2.08. The van der Waals surface area contributed by atoms with Crippen LogP contribution in [0.5, 0.6) is 0 Å². The first-order chi connectivity index (χ1) is 9.22. The highest BCUT2D eigenvalue weighted by atomic mass is 15.1. The van der Waals surface area contributed by atoms with E-state index < -0.39 is 0 Å². The van der Waals surface area contributed by atoms with Crippen LogP contribution in [-0.2, 0) is 0 Å². The van der Waals surface area contributed by atoms with E-state index in [-0.39, 0.29) is 6.04 Å². The second-order valence-corrected chi connectivity index (χ2v) is 4.51. The Balaban J connectivity index is 1.85. The molecule has 3 aromatic rings. The fourth-order valence-electron chi connectivity index (χ4n) is 2.04. The molecule has 1 aromatic carbocycles. The van der Waals surface area contributed by atoms with E-state index in [2.05, 4.69) is 27.2 Å². The molecule has 0 saturated heterocycles. The lowest BCUT2D eigenvalue weighted by Crippen LogP contribution is -2.07. The van der Waals surface area contributed by atoms with Crippen molar-refractivity contribution >= 4 is 22.7 Å². The van der Waals surface area contributed by atoms with Gasteiger partial charge in [0.2, 0.25) is 5.95 Å². The van der Waals surface area contributed by atoms with Crippen LogP contribution in [0.1, 0.15) is 18.5 Å². The monoisotopic (exact) mass is 253 g/mol. The molecular weight excluding hydrogens is 238 g/mol. The van der Waals surface area contributed by atoms with Crippen LogP contribution >= 0.6 is 0 Å². The molecule has 0 aliphatic rings. The molecule has 0 aliphatic heterocycles. The van der Waals surface area contributed by atoms with E-state index in [1.165, 1.54) is 0 Å². The van der Waals surface area contributed by atoms with Crippen LogP contribution < -0.4 is 11.1 Å². The van der Waals surface area contributed by atoms with Gasteiger partial charge in [0.15, 0.2) is 0 Å². The topological polar surface area (TPSA) is 79.6 Å². The van der Waals surface area contributed by atoms with E-state index >= 15 is 0 Å². The van der Waals surface area contributed by atoms with Gasteiger partial charge < -0.3 is 16.0 Å². The van der Waals surface area contributed by atoms with Gasteiger partial charge in [-0.2, -0.15) is 0 Å². The fraction of sp³-hybridized carbons (Fsp3) is 0.143. The first kappa shape index (κ1) is 11.5. The molecule has 0 spiro atoms. The van der Waals surface area contributed by atoms with E-state index in [4.69, 9.17) is 5.73 Å². The summed E-state index contributed by atoms with van der Waals surface area (Å²) in [6.07, 6.45) is 3.57. The average Bonchev–Trinajstić information content (AvgIpc) is 2.81. The molecule has 0 radical (unpaired) electrons. The second-order valence-electron chi connectivity index (χ2n) is 4.51. The van der Waals surface area contributed by atoms with Crippen molar-refractivity contribution in [3.8, 4) is 0 Å². The van der Waals surface area contributed by atoms with Crippen LogP contribution in [0.4, 0.5) is 11.6 Å². The van der Waals surface area contributed by atoms with Gasteiger partial charge in [0, 0.05) is 18.1 Å². The number of H-pyrrole nitrogens is 1. The molecule has 4 N–H and O–H groups in total. The standard InChI is InChI=1S/C14H15N5/c1-9(10-4-6-16-7-5-10)17-14-18-12-3-2-11(15)8-13(12)19-14/h2-9H,15H2,1H3,(H2,17,18,19). The highest BCUT2D eigenvalue weighted by molar-refractivity contribution is 5.80. The summed E-state index contributed by atoms with van der Waals surface area (Å²) in [4.78, 5) is 11.7. The first-order valence-corrected chi connectivity index (χ1v) is 6.14. The Bertz CT molecular complexity index is 689. The maximum Gasteiger partial charge on any atom is 0.201 e. The van der Waals surface area contributed by atoms with Crippen molar-refractivity contribution in [3.63, 3.8) is 0 Å². The molecule has 0 fully saturated rings. The summed E-state index contributed by atoms with van der Waals surface area (Å²) < 4.78 is 0. The number of nitrogen functional groups attached to an aromatic ring is 1. The number of imidazole rings is 1. The van der Waals surface area contributed by atoms with Gasteiger partial charge in [0.1, 0.15) is 0 Å². The summed E-state index contributed by atoms with van der Waals surface area (Å²) in [5.74, 6) is 0.741. The van der Waals surface area contributed by atoms with Crippen LogP contribution in [0, 0.1) is 0 Å². The summed E-state index contributed by atoms with van der Waals surface area (Å²) in [6.45, 7) is 2.08. The SMILES string of the molecule is CC(Nc1nc2ccc(N)cc2[nH]1)c1ccncc1. The molecule has 0 aliphatic carbocycles. The van der Waals surface area contributed by atoms with Crippen LogP contribution in [0.2, 0.25) is 0 Å². The van der Waals surface area contributed by atoms with Crippen molar-refractivity contribution in [3.05, 3.63) is 48.3 Å². The molecule has 0 amide bonds. The van der Waals surface area contributed by atoms with Gasteiger partial charge >= 0.3 is 0 Å². The first-order valence-electron chi connectivity index (χ1n) is 6.14. The predicted octanol–water partition coefficient (Wildman–Crippen LogP) is 2.71. The van der Waals surface area contributed by atoms with Gasteiger partial charge in [0.05, 0.1) is 17.1 Å². The molecular formula is C14H15N5. The average molecular weight is 253 g/mol. The van der Waals surface area contributed by atoms with Crippen molar-refractivity contribution in [1.29, 1.82) is 0 Å². The number of nitrogens with one attached hydrogen (secondary N) is 2. The van der Waals surface area contributed by atoms with E-state index in [0.717, 1.165) is 28.2 Å². The smallest absolute Gasteiger partial charge is 0.201 e. The number of rotatable bonds is 3. The lowest BCUT2D eigenvalue weighted by atomic mass is 10.1. The molecule has 3 rings (SSSR count). The zero-order valence-electron chi connectivity index (χ0n) is 10.6. The van der Waals surface area contributed by atoms with Gasteiger partial charge in [-0.25, -0.2) is 4.98 Å². The number of aromatic amines is 1. The Morgan fingerprint density at radius 1 is 1.21 bits per heavy atom. The lowest BCUT2D eigenvalue weighted by molar-refractivity contribution is 0.865. The third-order valence-electron chi connectivity index (χ3n) is 3.07. The Morgan fingerprint density at radius 3 is 2.79 bits per heavy atom. The van der Waals surface area contributed by atoms with E-state index in [9.17, 15) is 0 Å². The summed E-state index contributed by atoms with van der Waals surface area (Å²) in [7, 11) is 0. The minimum Gasteiger partial charge on any atom is -0.399 e. The molecule has 2 aromatic heterocycles. The number of aromatic nitrogens is 3. The summed E-state index contributed by atoms with van der Waals surface area (Å²) in [5.41, 5.74) is 9.48. The molecule has 0 bridgehead atoms. The minimum absolute atomic E-state index is 0.154. The van der Waals surface area contributed by atoms with Crippen LogP contribution in [-0.4, -0.2) is 15.0 Å². The van der Waals surface area contributed by atoms with E-state index in [1.54, 1.807) is 12.4 Å². The number of nitrogens with two attached hydrogens (primary N) is 1. The van der Waals surface area contributed by atoms with Gasteiger partial charge in [-0.1, -0.05) is 0 Å². The third-order valence-corrected chi connectivity index (χ3v) is 3.07. The molecule has 96 valence electrons. The number of benzene rings is 1. The zero-order chi connectivity index (χ0) is 13.2. The number of pyridine rings is 1. The van der Waals surface area contributed by atoms with Crippen LogP contribution in [0.3, 0.4) is 0 Å². The molecule has 1 atom stereocenters. The zero-order valence-corrected chi connectivity index (χ0v) is 10.6. The van der Waals surface area contributed by atoms with Gasteiger partial charge in [-0.3, -0.25) is 4.98 Å². The molecule has 19 heavy (non-hydrogen) atoms. The van der Waals surface area contributed by atoms with Crippen molar-refractivity contribution in [1.82, 2.24) is 15.0 Å². The van der Waals surface area contributed by atoms with Crippen LogP contribution in [0.15, 0.2) is 42.7 Å². The molecule has 0 saturated carbocycles. The third kappa shape index (κ3) is 2.35. The Hall–Kier alpha value is -2.56. The second kappa shape index (κ2) is 4.61. The molecule has 2 heterocycles. The van der Waals surface area contributed by atoms with Crippen LogP contribution in [0.25, 0.3) is 11.0 Å². The maximum absolute atomic E-state index is 5.75. The number of anilines is 2. The Kier molecular flexibility index (Phi) is 2.79. The van der Waals surface area contributed by atoms with E-state index in [0.29, 0.717) is 0 Å². The number of hydrogen-bond acceptors (Lipinski definition) is 4. The minimum atomic E-state index is 0.154. The lowest BCUT2D eigenvalue weighted by Gasteiger charge is -2.12. The van der Waals surface area contributed by atoms with Gasteiger partial charge in [0.25, 0.3) is 0 Å². The fourth-order valence-corrected chi connectivity index (χ4v) is 2.04. The Morgan fingerprint density at radius 2 is 2.00 bits per heavy atom. The summed E-state index contributed by atoms with van der Waals surface area (Å²) >= 11 is 0. The Labute approximate surface area is 110 Å². The van der Waals surface area contributed by atoms with Crippen molar-refractivity contribution < 1.29 is 0 Å². The number of nitrogens with zero attached hydrogens (tertiary/aromatic N) is 2. The van der Waals surface area contributed by atoms with Crippen molar-refractivity contribution in [2.24, 2.45) is 0 Å². The van der Waals surface area contributed by atoms with Crippen molar-refractivity contribution in [2.45, 2.75) is 13.0 Å². The predicted molar refractivity (Wildman–Crippen MR) is 76.8 cm³/mol.